The zero-order valence-electron chi connectivity index (χ0n) is 9.11. The van der Waals surface area contributed by atoms with Crippen LogP contribution in [0.4, 0.5) is 4.79 Å². The van der Waals surface area contributed by atoms with Crippen LogP contribution in [0.25, 0.3) is 0 Å². The molecule has 0 rings (SSSR count). The predicted octanol–water partition coefficient (Wildman–Crippen LogP) is 3.97. The van der Waals surface area contributed by atoms with Gasteiger partial charge in [0.1, 0.15) is 5.60 Å². The van der Waals surface area contributed by atoms with Gasteiger partial charge in [0.15, 0.2) is 0 Å². The summed E-state index contributed by atoms with van der Waals surface area (Å²) in [7, 11) is 0. The second-order valence-corrected chi connectivity index (χ2v) is 5.10. The van der Waals surface area contributed by atoms with Gasteiger partial charge < -0.3 is 4.74 Å². The topological polar surface area (TPSA) is 26.3 Å². The van der Waals surface area contributed by atoms with Gasteiger partial charge in [-0.15, -0.1) is 0 Å². The first kappa shape index (κ1) is 12.8. The Hall–Kier alpha value is -0.240. The molecule has 0 spiro atoms. The van der Waals surface area contributed by atoms with Crippen LogP contribution in [0.5, 0.6) is 0 Å². The van der Waals surface area contributed by atoms with E-state index in [2.05, 4.69) is 20.8 Å². The van der Waals surface area contributed by atoms with Crippen molar-refractivity contribution in [2.75, 3.05) is 0 Å². The molecule has 0 saturated heterocycles. The molecule has 0 aromatic rings. The lowest BCUT2D eigenvalue weighted by atomic mass is 9.80. The molecule has 0 fully saturated rings. The summed E-state index contributed by atoms with van der Waals surface area (Å²) in [5, 5.41) is 0. The van der Waals surface area contributed by atoms with Gasteiger partial charge in [-0.05, 0) is 25.7 Å². The van der Waals surface area contributed by atoms with Crippen molar-refractivity contribution >= 4 is 17.0 Å². The lowest BCUT2D eigenvalue weighted by molar-refractivity contribution is 0.0197. The van der Waals surface area contributed by atoms with Crippen LogP contribution in [-0.4, -0.2) is 11.0 Å². The molecule has 0 saturated carbocycles. The first-order valence-electron chi connectivity index (χ1n) is 4.57. The summed E-state index contributed by atoms with van der Waals surface area (Å²) in [4.78, 5) is 10.6. The van der Waals surface area contributed by atoms with E-state index in [1.54, 1.807) is 0 Å². The van der Waals surface area contributed by atoms with Gasteiger partial charge in [-0.2, -0.15) is 0 Å². The summed E-state index contributed by atoms with van der Waals surface area (Å²) in [6.07, 6.45) is 1.87. The lowest BCUT2D eigenvalue weighted by Gasteiger charge is -2.33. The van der Waals surface area contributed by atoms with E-state index in [0.717, 1.165) is 12.8 Å². The van der Waals surface area contributed by atoms with Crippen molar-refractivity contribution in [3.05, 3.63) is 0 Å². The molecule has 0 aromatic carbocycles. The molecule has 0 aliphatic carbocycles. The van der Waals surface area contributed by atoms with Crippen LogP contribution in [0.1, 0.15) is 47.5 Å². The largest absolute Gasteiger partial charge is 0.448 e. The Labute approximate surface area is 85.6 Å². The number of carbonyl (C=O) groups excluding carboxylic acids is 1. The number of halogens is 1. The number of hydrogen-bond donors (Lipinski definition) is 0. The Kier molecular flexibility index (Phi) is 4.24. The van der Waals surface area contributed by atoms with Gasteiger partial charge in [0.2, 0.25) is 0 Å². The van der Waals surface area contributed by atoms with Crippen molar-refractivity contribution in [1.29, 1.82) is 0 Å². The molecule has 0 amide bonds. The first-order chi connectivity index (χ1) is 5.68. The highest BCUT2D eigenvalue weighted by Gasteiger charge is 2.30. The van der Waals surface area contributed by atoms with Crippen molar-refractivity contribution < 1.29 is 9.53 Å². The Balaban J connectivity index is 4.24. The zero-order valence-corrected chi connectivity index (χ0v) is 9.86. The predicted molar refractivity (Wildman–Crippen MR) is 55.1 cm³/mol. The Morgan fingerprint density at radius 3 is 2.08 bits per heavy atom. The summed E-state index contributed by atoms with van der Waals surface area (Å²) < 4.78 is 5.00. The van der Waals surface area contributed by atoms with Gasteiger partial charge in [-0.3, -0.25) is 0 Å². The van der Waals surface area contributed by atoms with Crippen molar-refractivity contribution in [3.63, 3.8) is 0 Å². The van der Waals surface area contributed by atoms with Crippen molar-refractivity contribution in [2.45, 2.75) is 53.1 Å². The highest BCUT2D eigenvalue weighted by Crippen LogP contribution is 2.33. The van der Waals surface area contributed by atoms with Gasteiger partial charge in [0.05, 0.1) is 0 Å². The van der Waals surface area contributed by atoms with Gasteiger partial charge >= 0.3 is 5.43 Å². The molecular formula is C10H19ClO2. The van der Waals surface area contributed by atoms with E-state index in [4.69, 9.17) is 16.3 Å². The first-order valence-corrected chi connectivity index (χ1v) is 4.95. The third kappa shape index (κ3) is 5.92. The molecule has 2 nitrogen and oxygen atoms in total. The smallest absolute Gasteiger partial charge is 0.404 e. The summed E-state index contributed by atoms with van der Waals surface area (Å²) >= 11 is 5.17. The molecule has 0 aromatic heterocycles. The normalized spacial score (nSPS) is 12.8. The lowest BCUT2D eigenvalue weighted by Crippen LogP contribution is -2.32. The number of rotatable bonds is 4. The fraction of sp³-hybridized carbons (Fsp3) is 0.900. The number of carbonyl (C=O) groups is 1. The highest BCUT2D eigenvalue weighted by atomic mass is 35.5. The molecule has 0 bridgehead atoms. The Bertz CT molecular complexity index is 185. The standard InChI is InChI=1S/C10H19ClO2/c1-6-9(2,3)7-10(4,5)13-8(11)12/h6-7H2,1-5H3. The van der Waals surface area contributed by atoms with Gasteiger partial charge in [-0.25, -0.2) is 4.79 Å². The van der Waals surface area contributed by atoms with E-state index in [-0.39, 0.29) is 5.41 Å². The highest BCUT2D eigenvalue weighted by molar-refractivity contribution is 6.61. The summed E-state index contributed by atoms with van der Waals surface area (Å²) in [6, 6.07) is 0. The van der Waals surface area contributed by atoms with Crippen LogP contribution in [0.15, 0.2) is 0 Å². The molecule has 0 aliphatic heterocycles. The van der Waals surface area contributed by atoms with E-state index in [1.165, 1.54) is 0 Å². The molecule has 0 unspecified atom stereocenters. The maximum atomic E-state index is 10.6. The fourth-order valence-corrected chi connectivity index (χ4v) is 1.74. The minimum Gasteiger partial charge on any atom is -0.448 e. The van der Waals surface area contributed by atoms with Crippen LogP contribution in [0.2, 0.25) is 0 Å². The average molecular weight is 207 g/mol. The Morgan fingerprint density at radius 2 is 1.77 bits per heavy atom. The van der Waals surface area contributed by atoms with Crippen LogP contribution in [0.3, 0.4) is 0 Å². The van der Waals surface area contributed by atoms with Crippen molar-refractivity contribution in [2.24, 2.45) is 5.41 Å². The van der Waals surface area contributed by atoms with E-state index in [1.807, 2.05) is 13.8 Å². The van der Waals surface area contributed by atoms with Crippen LogP contribution >= 0.6 is 11.6 Å². The third-order valence-corrected chi connectivity index (χ3v) is 2.30. The van der Waals surface area contributed by atoms with E-state index in [0.29, 0.717) is 0 Å². The fourth-order valence-electron chi connectivity index (χ4n) is 1.53. The monoisotopic (exact) mass is 206 g/mol. The molecule has 0 aliphatic rings. The van der Waals surface area contributed by atoms with Crippen LogP contribution < -0.4 is 0 Å². The van der Waals surface area contributed by atoms with Gasteiger partial charge in [-0.1, -0.05) is 27.2 Å². The molecule has 0 atom stereocenters. The second kappa shape index (κ2) is 4.32. The van der Waals surface area contributed by atoms with Gasteiger partial charge in [0.25, 0.3) is 0 Å². The minimum absolute atomic E-state index is 0.176. The number of hydrogen-bond acceptors (Lipinski definition) is 2. The van der Waals surface area contributed by atoms with E-state index < -0.39 is 11.0 Å². The molecule has 0 radical (unpaired) electrons. The minimum atomic E-state index is -0.725. The number of ether oxygens (including phenoxy) is 1. The van der Waals surface area contributed by atoms with Crippen molar-refractivity contribution in [1.82, 2.24) is 0 Å². The zero-order chi connectivity index (χ0) is 10.7. The molecule has 78 valence electrons. The SMILES string of the molecule is CCC(C)(C)CC(C)(C)OC(=O)Cl. The second-order valence-electron chi connectivity index (χ2n) is 4.79. The third-order valence-electron chi connectivity index (χ3n) is 2.22. The van der Waals surface area contributed by atoms with E-state index >= 15 is 0 Å². The maximum Gasteiger partial charge on any atom is 0.404 e. The maximum absolute atomic E-state index is 10.6. The van der Waals surface area contributed by atoms with Gasteiger partial charge in [0, 0.05) is 11.6 Å². The van der Waals surface area contributed by atoms with Crippen LogP contribution in [-0.2, 0) is 4.74 Å². The quantitative estimate of drug-likeness (QED) is 0.651. The van der Waals surface area contributed by atoms with E-state index in [9.17, 15) is 4.79 Å². The molecule has 3 heteroatoms. The summed E-state index contributed by atoms with van der Waals surface area (Å²) in [6.45, 7) is 10.2. The molecular weight excluding hydrogens is 188 g/mol. The molecule has 13 heavy (non-hydrogen) atoms. The molecule has 0 heterocycles. The Morgan fingerprint density at radius 1 is 1.31 bits per heavy atom. The van der Waals surface area contributed by atoms with Crippen LogP contribution in [0, 0.1) is 5.41 Å². The van der Waals surface area contributed by atoms with Crippen molar-refractivity contribution in [3.8, 4) is 0 Å². The average Bonchev–Trinajstić information content (AvgIpc) is 1.81. The molecule has 0 N–H and O–H groups in total. The summed E-state index contributed by atoms with van der Waals surface area (Å²) in [5.41, 5.74) is -1.02. The summed E-state index contributed by atoms with van der Waals surface area (Å²) in [5.74, 6) is 0.